The van der Waals surface area contributed by atoms with E-state index < -0.39 is 23.6 Å². The number of carboxylic acids is 1. The van der Waals surface area contributed by atoms with Crippen LogP contribution in [0.3, 0.4) is 0 Å². The number of para-hydroxylation sites is 1. The van der Waals surface area contributed by atoms with E-state index in [0.29, 0.717) is 11.3 Å². The summed E-state index contributed by atoms with van der Waals surface area (Å²) in [5.74, 6) is -1.49. The predicted octanol–water partition coefficient (Wildman–Crippen LogP) is 2.39. The molecule has 0 aliphatic carbocycles. The molecule has 0 aliphatic heterocycles. The Kier molecular flexibility index (Phi) is 5.58. The minimum atomic E-state index is -1.05. The van der Waals surface area contributed by atoms with E-state index in [1.807, 2.05) is 0 Å². The van der Waals surface area contributed by atoms with Gasteiger partial charge in [0.1, 0.15) is 17.3 Å². The molecule has 6 nitrogen and oxygen atoms in total. The van der Waals surface area contributed by atoms with Crippen LogP contribution in [-0.2, 0) is 9.53 Å². The first-order valence-corrected chi connectivity index (χ1v) is 6.57. The topological polar surface area (TPSA) is 84.9 Å². The van der Waals surface area contributed by atoms with Gasteiger partial charge in [0.15, 0.2) is 0 Å². The molecule has 0 spiro atoms. The van der Waals surface area contributed by atoms with Gasteiger partial charge in [0.05, 0.1) is 7.11 Å². The second kappa shape index (κ2) is 6.97. The molecule has 21 heavy (non-hydrogen) atoms. The smallest absolute Gasteiger partial charge is 0.407 e. The van der Waals surface area contributed by atoms with E-state index in [9.17, 15) is 14.7 Å². The number of carbonyl (C=O) groups excluding carboxylic acids is 1. The van der Waals surface area contributed by atoms with Crippen LogP contribution in [0.15, 0.2) is 24.3 Å². The third-order valence-electron chi connectivity index (χ3n) is 2.66. The number of methoxy groups -OCH3 is 1. The van der Waals surface area contributed by atoms with E-state index in [1.165, 1.54) is 7.11 Å². The van der Waals surface area contributed by atoms with Crippen molar-refractivity contribution in [3.63, 3.8) is 0 Å². The third-order valence-corrected chi connectivity index (χ3v) is 2.66. The Bertz CT molecular complexity index is 507. The van der Waals surface area contributed by atoms with Crippen molar-refractivity contribution in [3.05, 3.63) is 29.8 Å². The summed E-state index contributed by atoms with van der Waals surface area (Å²) in [5.41, 5.74) is -0.128. The van der Waals surface area contributed by atoms with Gasteiger partial charge in [-0.3, -0.25) is 4.79 Å². The number of carboxylic acid groups (broad SMARTS) is 1. The first-order valence-electron chi connectivity index (χ1n) is 6.57. The molecule has 0 aromatic heterocycles. The summed E-state index contributed by atoms with van der Waals surface area (Å²) >= 11 is 0. The number of carbonyl (C=O) groups is 2. The van der Waals surface area contributed by atoms with Gasteiger partial charge in [-0.2, -0.15) is 0 Å². The minimum absolute atomic E-state index is 0.0787. The van der Waals surface area contributed by atoms with Gasteiger partial charge in [-0.05, 0) is 26.8 Å². The molecule has 0 fully saturated rings. The largest absolute Gasteiger partial charge is 0.496 e. The fourth-order valence-corrected chi connectivity index (χ4v) is 1.78. The molecule has 0 saturated heterocycles. The lowest BCUT2D eigenvalue weighted by molar-refractivity contribution is -0.138. The maximum absolute atomic E-state index is 11.6. The zero-order valence-corrected chi connectivity index (χ0v) is 12.7. The van der Waals surface area contributed by atoms with Crippen molar-refractivity contribution in [3.8, 4) is 5.75 Å². The molecule has 6 heteroatoms. The lowest BCUT2D eigenvalue weighted by Crippen LogP contribution is -2.36. The van der Waals surface area contributed by atoms with E-state index >= 15 is 0 Å². The Morgan fingerprint density at radius 2 is 1.90 bits per heavy atom. The minimum Gasteiger partial charge on any atom is -0.496 e. The van der Waals surface area contributed by atoms with Crippen LogP contribution >= 0.6 is 0 Å². The van der Waals surface area contributed by atoms with Crippen LogP contribution in [0.4, 0.5) is 4.79 Å². The fourth-order valence-electron chi connectivity index (χ4n) is 1.78. The summed E-state index contributed by atoms with van der Waals surface area (Å²) in [6, 6.07) is 6.82. The Balaban J connectivity index is 2.80. The lowest BCUT2D eigenvalue weighted by Gasteiger charge is -2.21. The van der Waals surface area contributed by atoms with Gasteiger partial charge in [0.25, 0.3) is 0 Å². The molecule has 1 aromatic rings. The monoisotopic (exact) mass is 295 g/mol. The number of nitrogens with one attached hydrogen (secondary N) is 1. The van der Waals surface area contributed by atoms with Crippen LogP contribution in [0, 0.1) is 0 Å². The summed E-state index contributed by atoms with van der Waals surface area (Å²) in [4.78, 5) is 23.0. The van der Waals surface area contributed by atoms with Crippen molar-refractivity contribution in [2.75, 3.05) is 13.7 Å². The van der Waals surface area contributed by atoms with Crippen molar-refractivity contribution in [2.24, 2.45) is 0 Å². The van der Waals surface area contributed by atoms with Crippen LogP contribution in [0.25, 0.3) is 0 Å². The van der Waals surface area contributed by atoms with E-state index in [1.54, 1.807) is 45.0 Å². The maximum atomic E-state index is 11.6. The van der Waals surface area contributed by atoms with Gasteiger partial charge >= 0.3 is 12.1 Å². The average molecular weight is 295 g/mol. The van der Waals surface area contributed by atoms with E-state index in [0.717, 1.165) is 0 Å². The number of rotatable bonds is 5. The molecule has 1 aromatic carbocycles. The molecule has 0 saturated carbocycles. The average Bonchev–Trinajstić information content (AvgIpc) is 2.37. The molecule has 116 valence electrons. The lowest BCUT2D eigenvalue weighted by atomic mass is 9.98. The quantitative estimate of drug-likeness (QED) is 0.871. The highest BCUT2D eigenvalue weighted by molar-refractivity contribution is 5.78. The highest BCUT2D eigenvalue weighted by atomic mass is 16.6. The summed E-state index contributed by atoms with van der Waals surface area (Å²) < 4.78 is 10.2. The van der Waals surface area contributed by atoms with Gasteiger partial charge in [0.2, 0.25) is 0 Å². The zero-order valence-electron chi connectivity index (χ0n) is 12.7. The number of hydrogen-bond acceptors (Lipinski definition) is 4. The maximum Gasteiger partial charge on any atom is 0.407 e. The van der Waals surface area contributed by atoms with Crippen molar-refractivity contribution in [2.45, 2.75) is 32.3 Å². The Labute approximate surface area is 124 Å². The number of hydrogen-bond donors (Lipinski definition) is 2. The fraction of sp³-hybridized carbons (Fsp3) is 0.467. The van der Waals surface area contributed by atoms with Crippen molar-refractivity contribution < 1.29 is 24.2 Å². The normalized spacial score (nSPS) is 12.4. The molecular formula is C15H21NO5. The second-order valence-corrected chi connectivity index (χ2v) is 5.52. The second-order valence-electron chi connectivity index (χ2n) is 5.52. The van der Waals surface area contributed by atoms with Crippen LogP contribution < -0.4 is 10.1 Å². The number of benzene rings is 1. The Hall–Kier alpha value is -2.24. The summed E-state index contributed by atoms with van der Waals surface area (Å²) in [6.45, 7) is 5.13. The molecule has 2 N–H and O–H groups in total. The molecule has 1 amide bonds. The molecule has 1 atom stereocenters. The van der Waals surface area contributed by atoms with E-state index in [-0.39, 0.29) is 6.54 Å². The van der Waals surface area contributed by atoms with Crippen molar-refractivity contribution in [1.29, 1.82) is 0 Å². The summed E-state index contributed by atoms with van der Waals surface area (Å²) in [6.07, 6.45) is -0.649. The van der Waals surface area contributed by atoms with Gasteiger partial charge in [0, 0.05) is 12.1 Å². The van der Waals surface area contributed by atoms with Crippen molar-refractivity contribution >= 4 is 12.1 Å². The van der Waals surface area contributed by atoms with Gasteiger partial charge in [-0.1, -0.05) is 18.2 Å². The molecule has 0 radical (unpaired) electrons. The molecule has 0 heterocycles. The summed E-state index contributed by atoms with van der Waals surface area (Å²) in [5, 5.41) is 11.8. The van der Waals surface area contributed by atoms with E-state index in [2.05, 4.69) is 5.32 Å². The standard InChI is InChI=1S/C15H21NO5/c1-15(2,3)21-14(19)16-9-11(13(17)18)10-7-5-6-8-12(10)20-4/h5-8,11H,9H2,1-4H3,(H,16,19)(H,17,18). The number of aliphatic carboxylic acids is 1. The molecule has 1 unspecified atom stereocenters. The first kappa shape index (κ1) is 16.8. The highest BCUT2D eigenvalue weighted by Crippen LogP contribution is 2.26. The van der Waals surface area contributed by atoms with Crippen molar-refractivity contribution in [1.82, 2.24) is 5.32 Å². The van der Waals surface area contributed by atoms with Crippen LogP contribution in [-0.4, -0.2) is 36.4 Å². The Morgan fingerprint density at radius 3 is 2.43 bits per heavy atom. The first-order chi connectivity index (χ1) is 9.74. The predicted molar refractivity (Wildman–Crippen MR) is 77.6 cm³/mol. The van der Waals surface area contributed by atoms with Crippen LogP contribution in [0.2, 0.25) is 0 Å². The SMILES string of the molecule is COc1ccccc1C(CNC(=O)OC(C)(C)C)C(=O)O. The molecule has 0 bridgehead atoms. The number of ether oxygens (including phenoxy) is 2. The molecule has 0 aliphatic rings. The summed E-state index contributed by atoms with van der Waals surface area (Å²) in [7, 11) is 1.47. The molecule has 1 rings (SSSR count). The van der Waals surface area contributed by atoms with Crippen LogP contribution in [0.1, 0.15) is 32.3 Å². The van der Waals surface area contributed by atoms with Gasteiger partial charge in [-0.15, -0.1) is 0 Å². The number of alkyl carbamates (subject to hydrolysis) is 1. The van der Waals surface area contributed by atoms with Gasteiger partial charge in [-0.25, -0.2) is 4.79 Å². The van der Waals surface area contributed by atoms with Crippen LogP contribution in [0.5, 0.6) is 5.75 Å². The van der Waals surface area contributed by atoms with E-state index in [4.69, 9.17) is 9.47 Å². The number of amides is 1. The highest BCUT2D eigenvalue weighted by Gasteiger charge is 2.25. The molecular weight excluding hydrogens is 274 g/mol. The zero-order chi connectivity index (χ0) is 16.0. The van der Waals surface area contributed by atoms with Gasteiger partial charge < -0.3 is 19.9 Å². The third kappa shape index (κ3) is 5.33. The Morgan fingerprint density at radius 1 is 1.29 bits per heavy atom.